The summed E-state index contributed by atoms with van der Waals surface area (Å²) in [7, 11) is -4.00. The molecule has 0 amide bonds. The molecular weight excluding hydrogens is 1840 g/mol. The third kappa shape index (κ3) is 24.4. The molecule has 45 nitrogen and oxygen atoms in total. The molecule has 132 heavy (non-hydrogen) atoms. The number of aromatic nitrogens is 12. The number of ether oxygens (including phenoxy) is 7. The van der Waals surface area contributed by atoms with Gasteiger partial charge in [-0.1, -0.05) is 168 Å². The van der Waals surface area contributed by atoms with Crippen LogP contribution in [0.15, 0.2) is 124 Å². The van der Waals surface area contributed by atoms with Gasteiger partial charge in [-0.25, -0.2) is 53.5 Å². The lowest BCUT2D eigenvalue weighted by molar-refractivity contribution is -0.120. The molecule has 0 aliphatic carbocycles. The highest BCUT2D eigenvalue weighted by molar-refractivity contribution is 8.14. The minimum Gasteiger partial charge on any atom is -0.424 e. The Morgan fingerprint density at radius 3 is 1.10 bits per heavy atom. The van der Waals surface area contributed by atoms with Crippen LogP contribution >= 0.6 is 58.5 Å². The van der Waals surface area contributed by atoms with Gasteiger partial charge in [0, 0.05) is 63.2 Å². The highest BCUT2D eigenvalue weighted by atomic mass is 32.2. The maximum atomic E-state index is 13.9. The fourth-order valence-electron chi connectivity index (χ4n) is 13.7. The number of imidazole rings is 3. The zero-order valence-electron chi connectivity index (χ0n) is 73.8. The van der Waals surface area contributed by atoms with Gasteiger partial charge in [0.2, 0.25) is 17.8 Å². The summed E-state index contributed by atoms with van der Waals surface area (Å²) >= 11 is 3.14. The minimum atomic E-state index is -4.03. The Hall–Kier alpha value is -9.07. The van der Waals surface area contributed by atoms with E-state index in [9.17, 15) is 67.4 Å². The number of carbonyl (C=O) groups excluding carboxylic acids is 5. The van der Waals surface area contributed by atoms with Crippen molar-refractivity contribution in [3.8, 4) is 0 Å². The van der Waals surface area contributed by atoms with Gasteiger partial charge in [0.25, 0.3) is 16.7 Å². The topological polar surface area (TPSA) is 622 Å². The average molecular weight is 1950 g/mol. The van der Waals surface area contributed by atoms with E-state index in [0.29, 0.717) is 12.8 Å². The number of thioether (sulfide) groups is 3. The van der Waals surface area contributed by atoms with Crippen molar-refractivity contribution in [1.29, 1.82) is 0 Å². The van der Waals surface area contributed by atoms with E-state index in [1.54, 1.807) is 27.7 Å². The van der Waals surface area contributed by atoms with E-state index in [2.05, 4.69) is 75.6 Å². The molecule has 9 aromatic rings. The first kappa shape index (κ1) is 103. The Bertz CT molecular complexity index is 5650. The SMILES string of the molecule is CC(C)(CO)C(=O)SCCOP(=O)(NCc1ccccc1)OC[C@H]1O[C@@H](n2cnc3c(=O)[nH]c(N)nc32)C2(C)OC(=O)O[C@@H]12.CCC(C)(C)C(=O)SCCOP(=O)(NCc1ccccc1)OC[C@H]1O[C@@H](n2cnc3c(=O)[nH]c(N)nc32)C(C)(O)[C@H]1O.CCC(C)(C)C(=O)SCCOP(=O)(NCc1ccccc1)OC[C@H]1O[C@@H](n2cnc3c(=O)[nH]c(N)nc32)C2(C)OC(=O)O[C@@H]12.[B][B]. The van der Waals surface area contributed by atoms with Gasteiger partial charge in [-0.05, 0) is 64.2 Å². The summed E-state index contributed by atoms with van der Waals surface area (Å²) in [6.07, 6.45) is -6.58. The molecule has 15 N–H and O–H groups in total. The molecule has 53 heteroatoms. The number of fused-ring (bicyclic) bond motifs is 5. The zero-order chi connectivity index (χ0) is 96.1. The molecule has 0 spiro atoms. The van der Waals surface area contributed by atoms with E-state index in [4.69, 9.17) is 77.5 Å². The number of nitrogens with two attached hydrogens (primary N) is 3. The van der Waals surface area contributed by atoms with Crippen molar-refractivity contribution in [3.63, 3.8) is 0 Å². The lowest BCUT2D eigenvalue weighted by Gasteiger charge is -2.27. The molecule has 0 bridgehead atoms. The van der Waals surface area contributed by atoms with Crippen LogP contribution in [0.4, 0.5) is 27.4 Å². The van der Waals surface area contributed by atoms with Crippen molar-refractivity contribution in [2.24, 2.45) is 16.2 Å². The number of hydrogen-bond acceptors (Lipinski definition) is 39. The lowest BCUT2D eigenvalue weighted by atomic mass is 9.81. The molecule has 6 aromatic heterocycles. The molecule has 712 valence electrons. The Morgan fingerprint density at radius 2 is 0.788 bits per heavy atom. The van der Waals surface area contributed by atoms with Crippen LogP contribution in [-0.4, -0.2) is 234 Å². The predicted octanol–water partition coefficient (Wildman–Crippen LogP) is 7.20. The number of carbonyl (C=O) groups is 5. The van der Waals surface area contributed by atoms with Crippen molar-refractivity contribution in [2.75, 3.05) is 80.7 Å². The van der Waals surface area contributed by atoms with Crippen LogP contribution in [0.25, 0.3) is 33.5 Å². The van der Waals surface area contributed by atoms with Crippen LogP contribution in [0.1, 0.15) is 124 Å². The Morgan fingerprint density at radius 1 is 0.492 bits per heavy atom. The first-order valence-electron chi connectivity index (χ1n) is 41.3. The lowest BCUT2D eigenvalue weighted by Crippen LogP contribution is -2.44. The molecule has 15 atom stereocenters. The summed E-state index contributed by atoms with van der Waals surface area (Å²) in [6, 6.07) is 27.6. The molecule has 5 aliphatic heterocycles. The molecule has 5 fully saturated rings. The number of hydrogen-bond donors (Lipinski definition) is 12. The molecule has 0 saturated carbocycles. The summed E-state index contributed by atoms with van der Waals surface area (Å²) in [5, 5.41) is 39.8. The van der Waals surface area contributed by atoms with Crippen molar-refractivity contribution < 1.29 is 113 Å². The Kier molecular flexibility index (Phi) is 34.3. The monoisotopic (exact) mass is 1950 g/mol. The van der Waals surface area contributed by atoms with Crippen LogP contribution in [0.5, 0.6) is 0 Å². The average Bonchev–Trinajstić information content (AvgIpc) is 1.57. The highest BCUT2D eigenvalue weighted by Crippen LogP contribution is 2.54. The van der Waals surface area contributed by atoms with Gasteiger partial charge in [-0.15, -0.1) is 0 Å². The van der Waals surface area contributed by atoms with Gasteiger partial charge in [0.05, 0.1) is 70.6 Å². The molecule has 3 aromatic carbocycles. The number of aliphatic hydroxyl groups excluding tert-OH is 2. The number of nitrogen functional groups attached to an aromatic ring is 3. The largest absolute Gasteiger partial charge is 0.509 e. The second kappa shape index (κ2) is 43.7. The van der Waals surface area contributed by atoms with Crippen molar-refractivity contribution in [1.82, 2.24) is 73.8 Å². The number of nitrogens with one attached hydrogen (secondary N) is 6. The standard InChI is InChI=1S/C27H35N6O9PS.C26H33N6O10PS.C26H37N6O8PS.B2/c1-5-26(2,3)23(35)44-12-11-38-43(37,30-13-16-9-7-6-8-10-16)39-14-17-19-27(4,42-25(36)41-19)22(40-17)33-15-29-18-20(33)31-24(28)32-21(18)34;1-25(2,13-33)22(35)44-10-9-38-43(37,29-11-15-7-5-4-6-8-15)39-12-16-18-26(3,42-24(36)41-18)21(40-16)32-14-28-17-19(32)30-23(27)31-20(17)34;1-5-25(2,3)23(35)42-12-11-38-41(37,29-13-16-9-7-6-8-10-16)39-14-17-19(33)26(4,36)22(40-17)32-15-28-18-20(32)30-24(27)31-21(18)34;1-2/h6-10,15,17,19,22H,5,11-14H2,1-4H3,(H,30,37)(H3,28,31,32,34);4-8,14,16,18,21,33H,9-13H2,1-3H3,(H,29,37)(H3,27,30,31,34);6-10,15,17,19,22,33,36H,5,11-14H2,1-4H3,(H,29,37)(H3,27,30,31,34);/t17-,19+,22-,27?,43?;16-,18+,21-,26?,43?;17-,19+,22-,26?,41?;/m111./s1. The molecule has 5 aliphatic rings. The van der Waals surface area contributed by atoms with Crippen LogP contribution in [-0.2, 0) is 108 Å². The summed E-state index contributed by atoms with van der Waals surface area (Å²) in [5.41, 5.74) is 11.6. The Labute approximate surface area is 771 Å². The minimum absolute atomic E-state index is 0.00242. The zero-order valence-corrected chi connectivity index (χ0v) is 78.9. The van der Waals surface area contributed by atoms with Gasteiger partial charge in [-0.2, -0.15) is 15.0 Å². The second-order valence-electron chi connectivity index (χ2n) is 33.0. The van der Waals surface area contributed by atoms with Gasteiger partial charge < -0.3 is 65.7 Å². The van der Waals surface area contributed by atoms with Crippen LogP contribution in [0, 0.1) is 16.2 Å². The van der Waals surface area contributed by atoms with Gasteiger partial charge >= 0.3 is 35.6 Å². The van der Waals surface area contributed by atoms with Crippen molar-refractivity contribution >= 4 is 153 Å². The van der Waals surface area contributed by atoms with E-state index in [0.717, 1.165) is 52.0 Å². The number of nitrogens with zero attached hydrogens (tertiary/aromatic N) is 9. The fourth-order valence-corrected chi connectivity index (χ4v) is 20.6. The maximum absolute atomic E-state index is 13.9. The van der Waals surface area contributed by atoms with Crippen molar-refractivity contribution in [3.05, 3.63) is 158 Å². The van der Waals surface area contributed by atoms with Crippen LogP contribution in [0.2, 0.25) is 0 Å². The van der Waals surface area contributed by atoms with Gasteiger partial charge in [0.1, 0.15) is 30.0 Å². The first-order chi connectivity index (χ1) is 62.5. The second-order valence-corrected chi connectivity index (χ2v) is 41.7. The third-order valence-electron chi connectivity index (χ3n) is 22.0. The van der Waals surface area contributed by atoms with Gasteiger partial charge in [-0.3, -0.25) is 84.6 Å². The summed E-state index contributed by atoms with van der Waals surface area (Å²) in [4.78, 5) is 131. The predicted molar refractivity (Wildman–Crippen MR) is 487 cm³/mol. The van der Waals surface area contributed by atoms with Crippen LogP contribution < -0.4 is 49.1 Å². The summed E-state index contributed by atoms with van der Waals surface area (Å²) in [5.74, 6) is 0.229. The molecule has 14 rings (SSSR count). The van der Waals surface area contributed by atoms with E-state index >= 15 is 0 Å². The molecule has 11 heterocycles. The van der Waals surface area contributed by atoms with E-state index in [1.807, 2.05) is 133 Å². The number of H-pyrrole nitrogens is 3. The summed E-state index contributed by atoms with van der Waals surface area (Å²) in [6.45, 7) is 18.0. The fraction of sp³-hybridized carbons (Fsp3) is 0.519. The first-order valence-corrected chi connectivity index (χ1v) is 48.9. The number of benzene rings is 3. The smallest absolute Gasteiger partial charge is 0.424 e. The van der Waals surface area contributed by atoms with E-state index in [-0.39, 0.29) is 143 Å². The molecular formula is C79H105B2N18O27P3S3. The third-order valence-corrected chi connectivity index (χ3v) is 30.3. The maximum Gasteiger partial charge on any atom is 0.509 e. The van der Waals surface area contributed by atoms with E-state index in [1.165, 1.54) is 39.6 Å². The highest BCUT2D eigenvalue weighted by Gasteiger charge is 2.66. The number of aromatic amines is 3. The summed E-state index contributed by atoms with van der Waals surface area (Å²) < 4.78 is 120. The number of aliphatic hydroxyl groups is 3. The molecule has 6 unspecified atom stereocenters. The van der Waals surface area contributed by atoms with Crippen LogP contribution in [0.3, 0.4) is 0 Å². The quantitative estimate of drug-likeness (QED) is 0.00784. The molecule has 4 radical (unpaired) electrons. The normalized spacial score (nSPS) is 24.1. The van der Waals surface area contributed by atoms with E-state index < -0.39 is 147 Å². The van der Waals surface area contributed by atoms with Crippen molar-refractivity contribution in [2.45, 2.75) is 181 Å². The number of anilines is 3. The Balaban J connectivity index is 0.000000189. The molecule has 5 saturated heterocycles. The van der Waals surface area contributed by atoms with Gasteiger partial charge in [0.15, 0.2) is 90.9 Å². The number of rotatable bonds is 39.